The van der Waals surface area contributed by atoms with E-state index in [1.54, 1.807) is 12.4 Å². The van der Waals surface area contributed by atoms with Gasteiger partial charge in [0.1, 0.15) is 11.4 Å². The fourth-order valence-electron chi connectivity index (χ4n) is 2.95. The minimum Gasteiger partial charge on any atom is -0.438 e. The molecule has 0 bridgehead atoms. The van der Waals surface area contributed by atoms with Gasteiger partial charge in [-0.05, 0) is 38.4 Å². The molecule has 0 spiro atoms. The first-order chi connectivity index (χ1) is 12.3. The summed E-state index contributed by atoms with van der Waals surface area (Å²) in [5.41, 5.74) is 0.567. The minimum atomic E-state index is 0.297. The number of hydrogen-bond acceptors (Lipinski definition) is 7. The van der Waals surface area contributed by atoms with Gasteiger partial charge in [-0.1, -0.05) is 23.4 Å². The SMILES string of the molecule is C[C@@H]1C[C@H](c2nc(-c3cnc(Oc4ccccc4)cn3)no2)CCN1. The number of benzene rings is 1. The van der Waals surface area contributed by atoms with Gasteiger partial charge in [-0.25, -0.2) is 9.97 Å². The van der Waals surface area contributed by atoms with E-state index in [9.17, 15) is 0 Å². The summed E-state index contributed by atoms with van der Waals surface area (Å²) < 4.78 is 11.1. The highest BCUT2D eigenvalue weighted by molar-refractivity contribution is 5.46. The lowest BCUT2D eigenvalue weighted by molar-refractivity contribution is 0.295. The fraction of sp³-hybridized carbons (Fsp3) is 0.333. The Morgan fingerprint density at radius 1 is 1.16 bits per heavy atom. The monoisotopic (exact) mass is 337 g/mol. The van der Waals surface area contributed by atoms with Crippen LogP contribution in [0.25, 0.3) is 11.5 Å². The molecule has 2 atom stereocenters. The standard InChI is InChI=1S/C18H19N5O2/c1-12-9-13(7-8-19-12)18-22-17(23-25-18)15-10-21-16(11-20-15)24-14-5-3-2-4-6-14/h2-6,10-13,19H,7-9H2,1H3/t12-,13-/m1/s1. The van der Waals surface area contributed by atoms with Gasteiger partial charge in [-0.2, -0.15) is 4.98 Å². The average Bonchev–Trinajstić information content (AvgIpc) is 3.13. The van der Waals surface area contributed by atoms with E-state index in [1.807, 2.05) is 30.3 Å². The summed E-state index contributed by atoms with van der Waals surface area (Å²) in [6.07, 6.45) is 5.15. The van der Waals surface area contributed by atoms with Crippen molar-refractivity contribution in [1.82, 2.24) is 25.4 Å². The molecule has 1 saturated heterocycles. The minimum absolute atomic E-state index is 0.297. The van der Waals surface area contributed by atoms with E-state index in [-0.39, 0.29) is 0 Å². The van der Waals surface area contributed by atoms with Gasteiger partial charge in [-0.3, -0.25) is 0 Å². The van der Waals surface area contributed by atoms with Crippen LogP contribution in [0.15, 0.2) is 47.2 Å². The third kappa shape index (κ3) is 3.66. The molecule has 1 N–H and O–H groups in total. The Hall–Kier alpha value is -2.80. The molecular weight excluding hydrogens is 318 g/mol. The topological polar surface area (TPSA) is 86.0 Å². The number of para-hydroxylation sites is 1. The Morgan fingerprint density at radius 2 is 2.04 bits per heavy atom. The molecule has 2 aromatic heterocycles. The lowest BCUT2D eigenvalue weighted by atomic mass is 9.93. The van der Waals surface area contributed by atoms with Gasteiger partial charge < -0.3 is 14.6 Å². The molecule has 3 aromatic rings. The van der Waals surface area contributed by atoms with E-state index in [4.69, 9.17) is 9.26 Å². The molecule has 1 aliphatic rings. The van der Waals surface area contributed by atoms with E-state index >= 15 is 0 Å². The molecular formula is C18H19N5O2. The summed E-state index contributed by atoms with van der Waals surface area (Å²) in [4.78, 5) is 13.1. The largest absolute Gasteiger partial charge is 0.438 e. The van der Waals surface area contributed by atoms with Gasteiger partial charge in [0.05, 0.1) is 12.4 Å². The molecule has 1 fully saturated rings. The molecule has 3 heterocycles. The van der Waals surface area contributed by atoms with Gasteiger partial charge in [0, 0.05) is 12.0 Å². The Labute approximate surface area is 145 Å². The molecule has 25 heavy (non-hydrogen) atoms. The predicted molar refractivity (Wildman–Crippen MR) is 91.3 cm³/mol. The second-order valence-corrected chi connectivity index (χ2v) is 6.19. The van der Waals surface area contributed by atoms with Crippen molar-refractivity contribution in [3.8, 4) is 23.1 Å². The molecule has 7 nitrogen and oxygen atoms in total. The van der Waals surface area contributed by atoms with Crippen molar-refractivity contribution in [2.45, 2.75) is 31.7 Å². The Balaban J connectivity index is 1.47. The van der Waals surface area contributed by atoms with Gasteiger partial charge in [0.25, 0.3) is 0 Å². The zero-order valence-corrected chi connectivity index (χ0v) is 13.9. The Bertz CT molecular complexity index is 819. The Kier molecular flexibility index (Phi) is 4.39. The van der Waals surface area contributed by atoms with Crippen LogP contribution in [0.5, 0.6) is 11.6 Å². The van der Waals surface area contributed by atoms with Crippen molar-refractivity contribution in [1.29, 1.82) is 0 Å². The maximum absolute atomic E-state index is 5.64. The molecule has 0 radical (unpaired) electrons. The first-order valence-corrected chi connectivity index (χ1v) is 8.40. The van der Waals surface area contributed by atoms with Gasteiger partial charge >= 0.3 is 0 Å². The lowest BCUT2D eigenvalue weighted by Gasteiger charge is -2.25. The maximum atomic E-state index is 5.64. The second-order valence-electron chi connectivity index (χ2n) is 6.19. The molecule has 1 aromatic carbocycles. The highest BCUT2D eigenvalue weighted by atomic mass is 16.5. The molecule has 128 valence electrons. The zero-order chi connectivity index (χ0) is 17.1. The van der Waals surface area contributed by atoms with Gasteiger partial charge in [0.15, 0.2) is 0 Å². The van der Waals surface area contributed by atoms with Crippen molar-refractivity contribution < 1.29 is 9.26 Å². The molecule has 1 aliphatic heterocycles. The van der Waals surface area contributed by atoms with Crippen molar-refractivity contribution >= 4 is 0 Å². The van der Waals surface area contributed by atoms with Gasteiger partial charge in [-0.15, -0.1) is 0 Å². The van der Waals surface area contributed by atoms with Crippen molar-refractivity contribution in [3.63, 3.8) is 0 Å². The van der Waals surface area contributed by atoms with Crippen LogP contribution >= 0.6 is 0 Å². The highest BCUT2D eigenvalue weighted by Crippen LogP contribution is 2.28. The van der Waals surface area contributed by atoms with Crippen LogP contribution in [0.2, 0.25) is 0 Å². The summed E-state index contributed by atoms with van der Waals surface area (Å²) >= 11 is 0. The molecule has 0 amide bonds. The number of nitrogens with one attached hydrogen (secondary N) is 1. The summed E-state index contributed by atoms with van der Waals surface area (Å²) in [7, 11) is 0. The van der Waals surface area contributed by atoms with Crippen LogP contribution < -0.4 is 10.1 Å². The quantitative estimate of drug-likeness (QED) is 0.782. The van der Waals surface area contributed by atoms with Crippen LogP contribution in [0.1, 0.15) is 31.6 Å². The molecule has 7 heteroatoms. The smallest absolute Gasteiger partial charge is 0.237 e. The van der Waals surface area contributed by atoms with Crippen molar-refractivity contribution in [2.24, 2.45) is 0 Å². The van der Waals surface area contributed by atoms with E-state index in [1.165, 1.54) is 0 Å². The molecule has 4 rings (SSSR count). The first-order valence-electron chi connectivity index (χ1n) is 8.40. The number of piperidine rings is 1. The normalized spacial score (nSPS) is 20.4. The lowest BCUT2D eigenvalue weighted by Crippen LogP contribution is -2.34. The predicted octanol–water partition coefficient (Wildman–Crippen LogP) is 3.17. The highest BCUT2D eigenvalue weighted by Gasteiger charge is 2.25. The number of rotatable bonds is 4. The van der Waals surface area contributed by atoms with Crippen LogP contribution in [-0.2, 0) is 0 Å². The van der Waals surface area contributed by atoms with Crippen LogP contribution in [-0.4, -0.2) is 32.7 Å². The number of hydrogen-bond donors (Lipinski definition) is 1. The van der Waals surface area contributed by atoms with E-state index in [0.29, 0.717) is 41.0 Å². The fourth-order valence-corrected chi connectivity index (χ4v) is 2.95. The average molecular weight is 337 g/mol. The molecule has 0 saturated carbocycles. The van der Waals surface area contributed by atoms with Crippen molar-refractivity contribution in [3.05, 3.63) is 48.6 Å². The van der Waals surface area contributed by atoms with E-state index in [0.717, 1.165) is 19.4 Å². The number of nitrogens with zero attached hydrogens (tertiary/aromatic N) is 4. The number of aromatic nitrogens is 4. The zero-order valence-electron chi connectivity index (χ0n) is 13.9. The number of ether oxygens (including phenoxy) is 1. The third-order valence-electron chi connectivity index (χ3n) is 4.24. The van der Waals surface area contributed by atoms with Gasteiger partial charge in [0.2, 0.25) is 17.6 Å². The summed E-state index contributed by atoms with van der Waals surface area (Å²) in [6.45, 7) is 3.13. The summed E-state index contributed by atoms with van der Waals surface area (Å²) in [6, 6.07) is 9.92. The van der Waals surface area contributed by atoms with Crippen LogP contribution in [0, 0.1) is 0 Å². The first kappa shape index (κ1) is 15.7. The Morgan fingerprint density at radius 3 is 2.80 bits per heavy atom. The maximum Gasteiger partial charge on any atom is 0.237 e. The summed E-state index contributed by atoms with van der Waals surface area (Å²) in [5, 5.41) is 7.47. The van der Waals surface area contributed by atoms with E-state index in [2.05, 4.69) is 32.3 Å². The second kappa shape index (κ2) is 6.98. The third-order valence-corrected chi connectivity index (χ3v) is 4.24. The van der Waals surface area contributed by atoms with Crippen molar-refractivity contribution in [2.75, 3.05) is 6.54 Å². The van der Waals surface area contributed by atoms with Crippen LogP contribution in [0.3, 0.4) is 0 Å². The van der Waals surface area contributed by atoms with Crippen LogP contribution in [0.4, 0.5) is 0 Å². The van der Waals surface area contributed by atoms with E-state index < -0.39 is 0 Å². The molecule has 0 unspecified atom stereocenters. The summed E-state index contributed by atoms with van der Waals surface area (Å²) in [5.74, 6) is 2.57. The molecule has 0 aliphatic carbocycles.